The summed E-state index contributed by atoms with van der Waals surface area (Å²) in [6.45, 7) is 9.19. The van der Waals surface area contributed by atoms with Gasteiger partial charge in [0.1, 0.15) is 0 Å². The first kappa shape index (κ1) is 11.0. The number of aliphatic hydroxyl groups excluding tert-OH is 2. The van der Waals surface area contributed by atoms with Crippen molar-refractivity contribution in [3.63, 3.8) is 0 Å². The molecule has 1 aliphatic carbocycles. The summed E-state index contributed by atoms with van der Waals surface area (Å²) in [5, 5.41) is 21.1. The van der Waals surface area contributed by atoms with Crippen LogP contribution in [0.5, 0.6) is 0 Å². The number of aliphatic hydroxyl groups is 2. The van der Waals surface area contributed by atoms with Crippen LogP contribution in [0.1, 0.15) is 27.7 Å². The van der Waals surface area contributed by atoms with Gasteiger partial charge in [0.05, 0.1) is 12.7 Å². The van der Waals surface area contributed by atoms with E-state index >= 15 is 0 Å². The molecule has 0 aromatic heterocycles. The molecule has 13 heavy (non-hydrogen) atoms. The average molecular weight is 187 g/mol. The van der Waals surface area contributed by atoms with Crippen molar-refractivity contribution in [2.45, 2.75) is 39.8 Å². The van der Waals surface area contributed by atoms with Crippen molar-refractivity contribution in [2.75, 3.05) is 13.2 Å². The molecule has 0 heterocycles. The van der Waals surface area contributed by atoms with Crippen LogP contribution in [0.15, 0.2) is 0 Å². The van der Waals surface area contributed by atoms with Crippen molar-refractivity contribution in [2.24, 2.45) is 10.8 Å². The average Bonchev–Trinajstić information content (AvgIpc) is 2.40. The van der Waals surface area contributed by atoms with E-state index in [0.29, 0.717) is 23.4 Å². The molecule has 0 bridgehead atoms. The molecule has 0 saturated heterocycles. The van der Waals surface area contributed by atoms with E-state index in [9.17, 15) is 0 Å². The predicted molar refractivity (Wildman–Crippen MR) is 52.4 cm³/mol. The van der Waals surface area contributed by atoms with Crippen molar-refractivity contribution in [1.82, 2.24) is 5.32 Å². The van der Waals surface area contributed by atoms with Crippen LogP contribution in [-0.4, -0.2) is 35.5 Å². The van der Waals surface area contributed by atoms with E-state index in [1.165, 1.54) is 0 Å². The molecule has 1 aliphatic rings. The largest absolute Gasteiger partial charge is 0.394 e. The van der Waals surface area contributed by atoms with Crippen LogP contribution in [-0.2, 0) is 0 Å². The second-order valence-electron chi connectivity index (χ2n) is 5.12. The minimum Gasteiger partial charge on any atom is -0.394 e. The summed E-state index contributed by atoms with van der Waals surface area (Å²) in [5.41, 5.74) is 0.588. The monoisotopic (exact) mass is 187 g/mol. The minimum absolute atomic E-state index is 0.166. The van der Waals surface area contributed by atoms with E-state index in [0.717, 1.165) is 0 Å². The molecule has 1 saturated carbocycles. The Morgan fingerprint density at radius 2 is 1.69 bits per heavy atom. The molecule has 0 aromatic carbocycles. The summed E-state index contributed by atoms with van der Waals surface area (Å²) in [5.74, 6) is 0. The lowest BCUT2D eigenvalue weighted by molar-refractivity contribution is 0.0931. The van der Waals surface area contributed by atoms with E-state index in [4.69, 9.17) is 10.2 Å². The lowest BCUT2D eigenvalue weighted by atomic mass is 10.0. The minimum atomic E-state index is -0.632. The fourth-order valence-electron chi connectivity index (χ4n) is 2.03. The van der Waals surface area contributed by atoms with Gasteiger partial charge in [0, 0.05) is 12.6 Å². The number of rotatable bonds is 4. The molecule has 3 nitrogen and oxygen atoms in total. The summed E-state index contributed by atoms with van der Waals surface area (Å²) in [7, 11) is 0. The van der Waals surface area contributed by atoms with Gasteiger partial charge < -0.3 is 15.5 Å². The lowest BCUT2D eigenvalue weighted by Crippen LogP contribution is -2.33. The van der Waals surface area contributed by atoms with Gasteiger partial charge >= 0.3 is 0 Å². The molecule has 0 aromatic rings. The Morgan fingerprint density at radius 3 is 2.00 bits per heavy atom. The van der Waals surface area contributed by atoms with Gasteiger partial charge in [-0.25, -0.2) is 0 Å². The van der Waals surface area contributed by atoms with E-state index in [1.54, 1.807) is 0 Å². The fraction of sp³-hybridized carbons (Fsp3) is 1.00. The molecular formula is C10H21NO2. The zero-order valence-corrected chi connectivity index (χ0v) is 8.96. The van der Waals surface area contributed by atoms with Crippen molar-refractivity contribution in [3.05, 3.63) is 0 Å². The highest BCUT2D eigenvalue weighted by Gasteiger charge is 2.64. The van der Waals surface area contributed by atoms with Gasteiger partial charge in [-0.15, -0.1) is 0 Å². The van der Waals surface area contributed by atoms with E-state index in [1.807, 2.05) is 0 Å². The summed E-state index contributed by atoms with van der Waals surface area (Å²) < 4.78 is 0. The maximum atomic E-state index is 9.16. The highest BCUT2D eigenvalue weighted by Crippen LogP contribution is 2.62. The van der Waals surface area contributed by atoms with Gasteiger partial charge in [-0.3, -0.25) is 0 Å². The number of hydrogen-bond donors (Lipinski definition) is 3. The lowest BCUT2D eigenvalue weighted by Gasteiger charge is -2.09. The Hall–Kier alpha value is -0.120. The summed E-state index contributed by atoms with van der Waals surface area (Å²) in [6.07, 6.45) is -0.632. The second-order valence-corrected chi connectivity index (χ2v) is 5.12. The summed E-state index contributed by atoms with van der Waals surface area (Å²) in [6, 6.07) is 0.446. The zero-order chi connectivity index (χ0) is 10.3. The van der Waals surface area contributed by atoms with E-state index in [-0.39, 0.29) is 6.61 Å². The molecule has 0 spiro atoms. The zero-order valence-electron chi connectivity index (χ0n) is 8.96. The molecule has 0 radical (unpaired) electrons. The molecule has 0 aliphatic heterocycles. The standard InChI is InChI=1S/C10H21NO2/c1-9(2)8(10(9,3)4)11-5-7(13)6-12/h7-8,11-13H,5-6H2,1-4H3. The van der Waals surface area contributed by atoms with Gasteiger partial charge in [0.2, 0.25) is 0 Å². The number of hydrogen-bond acceptors (Lipinski definition) is 3. The van der Waals surface area contributed by atoms with Gasteiger partial charge in [-0.2, -0.15) is 0 Å². The quantitative estimate of drug-likeness (QED) is 0.596. The van der Waals surface area contributed by atoms with Crippen molar-refractivity contribution in [3.8, 4) is 0 Å². The third kappa shape index (κ3) is 1.73. The van der Waals surface area contributed by atoms with Gasteiger partial charge in [-0.1, -0.05) is 27.7 Å². The first-order valence-electron chi connectivity index (χ1n) is 4.86. The molecule has 78 valence electrons. The van der Waals surface area contributed by atoms with Crippen molar-refractivity contribution >= 4 is 0 Å². The van der Waals surface area contributed by atoms with Gasteiger partial charge in [0.15, 0.2) is 0 Å². The van der Waals surface area contributed by atoms with Crippen LogP contribution in [0.2, 0.25) is 0 Å². The van der Waals surface area contributed by atoms with Gasteiger partial charge in [0.25, 0.3) is 0 Å². The molecule has 3 heteroatoms. The smallest absolute Gasteiger partial charge is 0.0895 e. The predicted octanol–water partition coefficient (Wildman–Crippen LogP) is 0.364. The number of nitrogens with one attached hydrogen (secondary N) is 1. The molecule has 0 amide bonds. The van der Waals surface area contributed by atoms with Crippen molar-refractivity contribution < 1.29 is 10.2 Å². The van der Waals surface area contributed by atoms with Crippen LogP contribution in [0.25, 0.3) is 0 Å². The first-order chi connectivity index (χ1) is 5.84. The molecule has 1 rings (SSSR count). The summed E-state index contributed by atoms with van der Waals surface area (Å²) >= 11 is 0. The fourth-order valence-corrected chi connectivity index (χ4v) is 2.03. The third-order valence-electron chi connectivity index (χ3n) is 3.79. The maximum absolute atomic E-state index is 9.16. The second kappa shape index (κ2) is 3.23. The molecular weight excluding hydrogens is 166 g/mol. The Labute approximate surface area is 80.2 Å². The molecule has 1 unspecified atom stereocenters. The van der Waals surface area contributed by atoms with Crippen molar-refractivity contribution in [1.29, 1.82) is 0 Å². The first-order valence-corrected chi connectivity index (χ1v) is 4.86. The van der Waals surface area contributed by atoms with Crippen LogP contribution >= 0.6 is 0 Å². The highest BCUT2D eigenvalue weighted by atomic mass is 16.3. The van der Waals surface area contributed by atoms with E-state index in [2.05, 4.69) is 33.0 Å². The highest BCUT2D eigenvalue weighted by molar-refractivity contribution is 5.17. The van der Waals surface area contributed by atoms with Crippen LogP contribution in [0, 0.1) is 10.8 Å². The normalized spacial score (nSPS) is 27.2. The van der Waals surface area contributed by atoms with Gasteiger partial charge in [-0.05, 0) is 10.8 Å². The molecule has 1 atom stereocenters. The van der Waals surface area contributed by atoms with Crippen LogP contribution in [0.4, 0.5) is 0 Å². The van der Waals surface area contributed by atoms with E-state index < -0.39 is 6.10 Å². The Morgan fingerprint density at radius 1 is 1.23 bits per heavy atom. The molecule has 3 N–H and O–H groups in total. The van der Waals surface area contributed by atoms with Crippen LogP contribution in [0.3, 0.4) is 0 Å². The molecule has 1 fully saturated rings. The Bertz CT molecular complexity index is 175. The Kier molecular flexibility index (Phi) is 2.72. The SMILES string of the molecule is CC1(C)C(NCC(O)CO)C1(C)C. The topological polar surface area (TPSA) is 52.5 Å². The van der Waals surface area contributed by atoms with Crippen LogP contribution < -0.4 is 5.32 Å². The Balaban J connectivity index is 2.34. The summed E-state index contributed by atoms with van der Waals surface area (Å²) in [4.78, 5) is 0. The maximum Gasteiger partial charge on any atom is 0.0895 e. The third-order valence-corrected chi connectivity index (χ3v) is 3.79.